The molecule has 0 bridgehead atoms. The lowest BCUT2D eigenvalue weighted by Gasteiger charge is -2.47. The highest BCUT2D eigenvalue weighted by Crippen LogP contribution is 2.25. The van der Waals surface area contributed by atoms with Gasteiger partial charge < -0.3 is 14.5 Å². The van der Waals surface area contributed by atoms with Crippen molar-refractivity contribution in [3.05, 3.63) is 30.1 Å². The van der Waals surface area contributed by atoms with Gasteiger partial charge in [-0.3, -0.25) is 19.5 Å². The molecule has 0 saturated carbocycles. The number of aromatic nitrogens is 1. The fourth-order valence-electron chi connectivity index (χ4n) is 3.84. The topological polar surface area (TPSA) is 66.0 Å². The van der Waals surface area contributed by atoms with Crippen molar-refractivity contribution in [3.8, 4) is 0 Å². The molecular formula is C18H24N4O3. The van der Waals surface area contributed by atoms with Crippen LogP contribution in [-0.2, 0) is 20.9 Å². The smallest absolute Gasteiger partial charge is 0.228 e. The Hall–Kier alpha value is -1.99. The largest absolute Gasteiger partial charge is 0.379 e. The van der Waals surface area contributed by atoms with Gasteiger partial charge in [0.05, 0.1) is 31.4 Å². The summed E-state index contributed by atoms with van der Waals surface area (Å²) < 4.78 is 5.38. The molecule has 3 saturated heterocycles. The maximum Gasteiger partial charge on any atom is 0.228 e. The van der Waals surface area contributed by atoms with Crippen molar-refractivity contribution < 1.29 is 14.3 Å². The second kappa shape index (κ2) is 7.09. The van der Waals surface area contributed by atoms with Crippen LogP contribution in [0.25, 0.3) is 0 Å². The van der Waals surface area contributed by atoms with Crippen LogP contribution in [-0.4, -0.2) is 83.5 Å². The third kappa shape index (κ3) is 3.52. The molecule has 3 aliphatic heterocycles. The minimum atomic E-state index is -0.207. The van der Waals surface area contributed by atoms with Crippen LogP contribution < -0.4 is 0 Å². The maximum atomic E-state index is 12.7. The molecule has 7 nitrogen and oxygen atoms in total. The van der Waals surface area contributed by atoms with Crippen LogP contribution in [0.4, 0.5) is 0 Å². The van der Waals surface area contributed by atoms with E-state index in [0.29, 0.717) is 25.6 Å². The lowest BCUT2D eigenvalue weighted by Crippen LogP contribution is -2.63. The Bertz CT molecular complexity index is 626. The predicted molar refractivity (Wildman–Crippen MR) is 90.5 cm³/mol. The lowest BCUT2D eigenvalue weighted by molar-refractivity contribution is -0.144. The average Bonchev–Trinajstić information content (AvgIpc) is 2.96. The van der Waals surface area contributed by atoms with Crippen LogP contribution in [0, 0.1) is 5.92 Å². The standard InChI is InChI=1S/C18H24N4O3/c23-17-9-14(10-21(17)11-15-3-1-2-4-19-15)18(24)22-12-16(13-22)20-5-7-25-8-6-20/h1-4,14,16H,5-13H2. The summed E-state index contributed by atoms with van der Waals surface area (Å²) in [7, 11) is 0. The molecule has 2 amide bonds. The summed E-state index contributed by atoms with van der Waals surface area (Å²) in [5.74, 6) is -0.0301. The zero-order valence-corrected chi connectivity index (χ0v) is 14.3. The number of carbonyl (C=O) groups excluding carboxylic acids is 2. The van der Waals surface area contributed by atoms with Gasteiger partial charge in [0.25, 0.3) is 0 Å². The van der Waals surface area contributed by atoms with E-state index >= 15 is 0 Å². The van der Waals surface area contributed by atoms with Gasteiger partial charge in [0.1, 0.15) is 0 Å². The molecule has 0 spiro atoms. The molecule has 0 aromatic carbocycles. The van der Waals surface area contributed by atoms with Crippen molar-refractivity contribution in [3.63, 3.8) is 0 Å². The quantitative estimate of drug-likeness (QED) is 0.768. The number of amides is 2. The predicted octanol–water partition coefficient (Wildman–Crippen LogP) is -0.0269. The number of nitrogens with zero attached hydrogens (tertiary/aromatic N) is 4. The summed E-state index contributed by atoms with van der Waals surface area (Å²) >= 11 is 0. The highest BCUT2D eigenvalue weighted by atomic mass is 16.5. The Kier molecular flexibility index (Phi) is 4.67. The van der Waals surface area contributed by atoms with Crippen LogP contribution in [0.1, 0.15) is 12.1 Å². The molecule has 4 heterocycles. The second-order valence-electron chi connectivity index (χ2n) is 7.04. The molecule has 1 aromatic rings. The van der Waals surface area contributed by atoms with Crippen molar-refractivity contribution in [2.45, 2.75) is 19.0 Å². The number of hydrogen-bond acceptors (Lipinski definition) is 5. The second-order valence-corrected chi connectivity index (χ2v) is 7.04. The van der Waals surface area contributed by atoms with E-state index in [4.69, 9.17) is 4.74 Å². The Morgan fingerprint density at radius 1 is 1.20 bits per heavy atom. The van der Waals surface area contributed by atoms with Gasteiger partial charge in [-0.15, -0.1) is 0 Å². The van der Waals surface area contributed by atoms with E-state index in [1.54, 1.807) is 11.1 Å². The fourth-order valence-corrected chi connectivity index (χ4v) is 3.84. The molecule has 0 radical (unpaired) electrons. The highest BCUT2D eigenvalue weighted by molar-refractivity contribution is 5.89. The number of morpholine rings is 1. The van der Waals surface area contributed by atoms with Crippen LogP contribution in [0.5, 0.6) is 0 Å². The Morgan fingerprint density at radius 2 is 2.00 bits per heavy atom. The summed E-state index contributed by atoms with van der Waals surface area (Å²) in [6, 6.07) is 6.13. The van der Waals surface area contributed by atoms with Crippen molar-refractivity contribution >= 4 is 11.8 Å². The van der Waals surface area contributed by atoms with Gasteiger partial charge in [0, 0.05) is 51.4 Å². The molecule has 134 valence electrons. The van der Waals surface area contributed by atoms with Gasteiger partial charge in [-0.25, -0.2) is 0 Å². The van der Waals surface area contributed by atoms with Crippen molar-refractivity contribution in [2.75, 3.05) is 45.9 Å². The molecule has 0 aliphatic carbocycles. The number of rotatable bonds is 4. The third-order valence-electron chi connectivity index (χ3n) is 5.38. The molecule has 3 fully saturated rings. The summed E-state index contributed by atoms with van der Waals surface area (Å²) in [5, 5.41) is 0. The number of hydrogen-bond donors (Lipinski definition) is 0. The van der Waals surface area contributed by atoms with Crippen molar-refractivity contribution in [1.29, 1.82) is 0 Å². The summed E-state index contributed by atoms with van der Waals surface area (Å²) in [6.07, 6.45) is 2.05. The Labute approximate surface area is 147 Å². The van der Waals surface area contributed by atoms with Gasteiger partial charge in [-0.05, 0) is 12.1 Å². The number of likely N-dealkylation sites (tertiary alicyclic amines) is 2. The highest BCUT2D eigenvalue weighted by Gasteiger charge is 2.42. The molecule has 4 rings (SSSR count). The van der Waals surface area contributed by atoms with Crippen molar-refractivity contribution in [2.24, 2.45) is 5.92 Å². The molecule has 7 heteroatoms. The summed E-state index contributed by atoms with van der Waals surface area (Å²) in [6.45, 7) is 6.02. The van der Waals surface area contributed by atoms with E-state index in [0.717, 1.165) is 45.1 Å². The maximum absolute atomic E-state index is 12.7. The van der Waals surface area contributed by atoms with Crippen LogP contribution in [0.15, 0.2) is 24.4 Å². The first-order valence-electron chi connectivity index (χ1n) is 8.99. The van der Waals surface area contributed by atoms with E-state index < -0.39 is 0 Å². The number of pyridine rings is 1. The lowest BCUT2D eigenvalue weighted by atomic mass is 10.0. The molecule has 1 aromatic heterocycles. The van der Waals surface area contributed by atoms with Gasteiger partial charge >= 0.3 is 0 Å². The summed E-state index contributed by atoms with van der Waals surface area (Å²) in [4.78, 5) is 35.3. The van der Waals surface area contributed by atoms with E-state index in [9.17, 15) is 9.59 Å². The van der Waals surface area contributed by atoms with E-state index in [-0.39, 0.29) is 17.7 Å². The zero-order valence-electron chi connectivity index (χ0n) is 14.3. The normalized spacial score (nSPS) is 25.3. The number of carbonyl (C=O) groups is 2. The van der Waals surface area contributed by atoms with Gasteiger partial charge in [0.2, 0.25) is 11.8 Å². The first-order chi connectivity index (χ1) is 12.2. The Balaban J connectivity index is 1.28. The van der Waals surface area contributed by atoms with Gasteiger partial charge in [-0.2, -0.15) is 0 Å². The SMILES string of the molecule is O=C1CC(C(=O)N2CC(N3CCOCC3)C2)CN1Cc1ccccn1. The van der Waals surface area contributed by atoms with Crippen molar-refractivity contribution in [1.82, 2.24) is 19.7 Å². The molecule has 1 unspecified atom stereocenters. The average molecular weight is 344 g/mol. The summed E-state index contributed by atoms with van der Waals surface area (Å²) in [5.41, 5.74) is 0.861. The van der Waals surface area contributed by atoms with Gasteiger partial charge in [-0.1, -0.05) is 6.07 Å². The minimum Gasteiger partial charge on any atom is -0.379 e. The van der Waals surface area contributed by atoms with Crippen LogP contribution in [0.3, 0.4) is 0 Å². The zero-order chi connectivity index (χ0) is 17.2. The Morgan fingerprint density at radius 3 is 2.72 bits per heavy atom. The van der Waals surface area contributed by atoms with Crippen LogP contribution >= 0.6 is 0 Å². The molecule has 1 atom stereocenters. The van der Waals surface area contributed by atoms with Crippen LogP contribution in [0.2, 0.25) is 0 Å². The number of ether oxygens (including phenoxy) is 1. The molecular weight excluding hydrogens is 320 g/mol. The minimum absolute atomic E-state index is 0.0502. The first kappa shape index (κ1) is 16.5. The first-order valence-corrected chi connectivity index (χ1v) is 8.99. The molecule has 3 aliphatic rings. The molecule has 0 N–H and O–H groups in total. The third-order valence-corrected chi connectivity index (χ3v) is 5.38. The van der Waals surface area contributed by atoms with E-state index in [2.05, 4.69) is 9.88 Å². The van der Waals surface area contributed by atoms with E-state index in [1.807, 2.05) is 23.1 Å². The molecule has 25 heavy (non-hydrogen) atoms. The monoisotopic (exact) mass is 344 g/mol. The van der Waals surface area contributed by atoms with Gasteiger partial charge in [0.15, 0.2) is 0 Å². The fraction of sp³-hybridized carbons (Fsp3) is 0.611. The van der Waals surface area contributed by atoms with E-state index in [1.165, 1.54) is 0 Å².